The highest BCUT2D eigenvalue weighted by molar-refractivity contribution is 6.10. The Morgan fingerprint density at radius 3 is 2.58 bits per heavy atom. The van der Waals surface area contributed by atoms with Crippen LogP contribution in [0.15, 0.2) is 53.3 Å². The molecule has 0 aliphatic heterocycles. The summed E-state index contributed by atoms with van der Waals surface area (Å²) in [5, 5.41) is 14.8. The molecule has 0 radical (unpaired) electrons. The summed E-state index contributed by atoms with van der Waals surface area (Å²) in [6.45, 7) is 4.37. The molecule has 4 rings (SSSR count). The molecule has 0 bridgehead atoms. The molecule has 0 spiro atoms. The number of rotatable bonds is 6. The largest absolute Gasteiger partial charge is 0.496 e. The number of para-hydroxylation sites is 1. The zero-order valence-electron chi connectivity index (χ0n) is 17.4. The molecule has 2 aromatic carbocycles. The molecule has 0 aliphatic rings. The quantitative estimate of drug-likeness (QED) is 0.497. The van der Waals surface area contributed by atoms with Gasteiger partial charge < -0.3 is 4.74 Å². The number of carbonyl (C=O) groups excluding carboxylic acids is 1. The van der Waals surface area contributed by atoms with Crippen LogP contribution in [0.5, 0.6) is 5.75 Å². The third-order valence-electron chi connectivity index (χ3n) is 4.69. The number of amides is 1. The van der Waals surface area contributed by atoms with Crippen molar-refractivity contribution in [1.82, 2.24) is 25.0 Å². The lowest BCUT2D eigenvalue weighted by Crippen LogP contribution is -2.29. The van der Waals surface area contributed by atoms with Crippen LogP contribution < -0.4 is 15.6 Å². The highest BCUT2D eigenvalue weighted by Gasteiger charge is 2.19. The van der Waals surface area contributed by atoms with Crippen LogP contribution in [-0.2, 0) is 6.54 Å². The van der Waals surface area contributed by atoms with Gasteiger partial charge in [-0.25, -0.2) is 4.68 Å². The maximum Gasteiger partial charge on any atom is 0.279 e. The molecule has 0 aliphatic carbocycles. The number of methoxy groups -OCH3 is 1. The molecule has 4 aromatic rings. The zero-order valence-corrected chi connectivity index (χ0v) is 17.4. The van der Waals surface area contributed by atoms with Gasteiger partial charge in [0.05, 0.1) is 18.1 Å². The first-order valence-electron chi connectivity index (χ1n) is 9.85. The second-order valence-electron chi connectivity index (χ2n) is 7.44. The molecule has 9 heteroatoms. The van der Waals surface area contributed by atoms with E-state index >= 15 is 0 Å². The Kier molecular flexibility index (Phi) is 5.48. The Balaban J connectivity index is 1.69. The number of aromatic nitrogens is 5. The van der Waals surface area contributed by atoms with Gasteiger partial charge in [-0.05, 0) is 24.1 Å². The fraction of sp³-hybridized carbons (Fsp3) is 0.227. The first kappa shape index (κ1) is 20.3. The van der Waals surface area contributed by atoms with Crippen LogP contribution in [0.3, 0.4) is 0 Å². The normalized spacial score (nSPS) is 11.1. The first-order chi connectivity index (χ1) is 15.0. The fourth-order valence-corrected chi connectivity index (χ4v) is 3.31. The summed E-state index contributed by atoms with van der Waals surface area (Å²) in [4.78, 5) is 30.1. The summed E-state index contributed by atoms with van der Waals surface area (Å²) in [7, 11) is 1.57. The van der Waals surface area contributed by atoms with Crippen molar-refractivity contribution in [2.75, 3.05) is 12.4 Å². The van der Waals surface area contributed by atoms with E-state index in [9.17, 15) is 9.59 Å². The number of nitrogens with one attached hydrogen (secondary N) is 2. The Morgan fingerprint density at radius 1 is 1.13 bits per heavy atom. The number of hydrogen-bond donors (Lipinski definition) is 2. The van der Waals surface area contributed by atoms with Gasteiger partial charge in [0.25, 0.3) is 11.5 Å². The minimum absolute atomic E-state index is 0.0957. The lowest BCUT2D eigenvalue weighted by atomic mass is 10.1. The van der Waals surface area contributed by atoms with Crippen molar-refractivity contribution in [3.05, 3.63) is 64.6 Å². The number of H-pyrrole nitrogens is 1. The molecule has 2 heterocycles. The van der Waals surface area contributed by atoms with Crippen molar-refractivity contribution in [2.45, 2.75) is 20.4 Å². The number of anilines is 1. The highest BCUT2D eigenvalue weighted by atomic mass is 16.5. The number of benzene rings is 2. The molecule has 0 fully saturated rings. The second kappa shape index (κ2) is 8.39. The van der Waals surface area contributed by atoms with E-state index in [1.807, 2.05) is 38.1 Å². The van der Waals surface area contributed by atoms with Crippen molar-refractivity contribution in [3.63, 3.8) is 0 Å². The minimum atomic E-state index is -0.501. The van der Waals surface area contributed by atoms with Gasteiger partial charge in [-0.2, -0.15) is 10.1 Å². The number of nitrogens with zero attached hydrogens (tertiary/aromatic N) is 4. The predicted octanol–water partition coefficient (Wildman–Crippen LogP) is 3.10. The molecule has 2 aromatic heterocycles. The van der Waals surface area contributed by atoms with Crippen molar-refractivity contribution in [3.8, 4) is 17.1 Å². The highest BCUT2D eigenvalue weighted by Crippen LogP contribution is 2.27. The van der Waals surface area contributed by atoms with Gasteiger partial charge in [-0.1, -0.05) is 44.2 Å². The smallest absolute Gasteiger partial charge is 0.279 e. The average Bonchev–Trinajstić information content (AvgIpc) is 3.23. The third kappa shape index (κ3) is 4.02. The monoisotopic (exact) mass is 418 g/mol. The van der Waals surface area contributed by atoms with Gasteiger partial charge in [0.2, 0.25) is 5.95 Å². The Labute approximate surface area is 178 Å². The van der Waals surface area contributed by atoms with Crippen LogP contribution in [-0.4, -0.2) is 38.0 Å². The third-order valence-corrected chi connectivity index (χ3v) is 4.69. The Bertz CT molecular complexity index is 1310. The van der Waals surface area contributed by atoms with E-state index in [2.05, 4.69) is 25.6 Å². The number of carbonyl (C=O) groups is 1. The molecular weight excluding hydrogens is 396 g/mol. The number of fused-ring (bicyclic) bond motifs is 1. The maximum atomic E-state index is 13.0. The van der Waals surface area contributed by atoms with Crippen LogP contribution in [0.4, 0.5) is 5.95 Å². The van der Waals surface area contributed by atoms with E-state index < -0.39 is 5.91 Å². The number of ether oxygens (including phenoxy) is 1. The van der Waals surface area contributed by atoms with Crippen molar-refractivity contribution < 1.29 is 9.53 Å². The predicted molar refractivity (Wildman–Crippen MR) is 117 cm³/mol. The van der Waals surface area contributed by atoms with Crippen LogP contribution in [0.1, 0.15) is 24.3 Å². The van der Waals surface area contributed by atoms with Crippen LogP contribution in [0.25, 0.3) is 22.2 Å². The topological polar surface area (TPSA) is 115 Å². The molecule has 2 N–H and O–H groups in total. The van der Waals surface area contributed by atoms with E-state index in [4.69, 9.17) is 4.74 Å². The molecule has 0 saturated carbocycles. The maximum absolute atomic E-state index is 13.0. The van der Waals surface area contributed by atoms with Crippen LogP contribution in [0, 0.1) is 5.92 Å². The van der Waals surface area contributed by atoms with Crippen molar-refractivity contribution >= 4 is 22.6 Å². The summed E-state index contributed by atoms with van der Waals surface area (Å²) in [6.07, 6.45) is 0. The number of aromatic amines is 1. The van der Waals surface area contributed by atoms with Gasteiger partial charge in [-0.15, -0.1) is 5.10 Å². The molecule has 158 valence electrons. The molecule has 0 saturated heterocycles. The molecule has 9 nitrogen and oxygen atoms in total. The van der Waals surface area contributed by atoms with E-state index in [1.54, 1.807) is 31.4 Å². The Hall–Kier alpha value is -4.01. The van der Waals surface area contributed by atoms with E-state index in [-0.39, 0.29) is 23.1 Å². The van der Waals surface area contributed by atoms with Gasteiger partial charge >= 0.3 is 0 Å². The zero-order chi connectivity index (χ0) is 22.0. The van der Waals surface area contributed by atoms with Crippen molar-refractivity contribution in [2.24, 2.45) is 5.92 Å². The molecule has 0 unspecified atom stereocenters. The van der Waals surface area contributed by atoms with E-state index in [0.717, 1.165) is 0 Å². The van der Waals surface area contributed by atoms with Crippen molar-refractivity contribution in [1.29, 1.82) is 0 Å². The summed E-state index contributed by atoms with van der Waals surface area (Å²) in [6, 6.07) is 14.3. The van der Waals surface area contributed by atoms with E-state index in [1.165, 1.54) is 4.68 Å². The minimum Gasteiger partial charge on any atom is -0.496 e. The second-order valence-corrected chi connectivity index (χ2v) is 7.44. The van der Waals surface area contributed by atoms with Gasteiger partial charge in [0.15, 0.2) is 11.5 Å². The SMILES string of the molecule is COc1ccccc1-c1nc(NC(=O)c2nn(CC(C)C)c(=O)c3ccccc23)n[nH]1. The summed E-state index contributed by atoms with van der Waals surface area (Å²) >= 11 is 0. The first-order valence-corrected chi connectivity index (χ1v) is 9.85. The van der Waals surface area contributed by atoms with E-state index in [0.29, 0.717) is 34.5 Å². The summed E-state index contributed by atoms with van der Waals surface area (Å²) in [5.41, 5.74) is 0.628. The molecule has 31 heavy (non-hydrogen) atoms. The molecule has 0 atom stereocenters. The Morgan fingerprint density at radius 2 is 1.84 bits per heavy atom. The molecule has 1 amide bonds. The van der Waals surface area contributed by atoms with Crippen LogP contribution in [0.2, 0.25) is 0 Å². The number of hydrogen-bond acceptors (Lipinski definition) is 6. The molecular formula is C22H22N6O3. The standard InChI is InChI=1S/C22H22N6O3/c1-13(2)12-28-21(30)15-9-5-4-8-14(15)18(27-28)20(29)24-22-23-19(25-26-22)16-10-6-7-11-17(16)31-3/h4-11,13H,12H2,1-3H3,(H2,23,24,25,26,29). The summed E-state index contributed by atoms with van der Waals surface area (Å²) in [5.74, 6) is 0.872. The van der Waals surface area contributed by atoms with Gasteiger partial charge in [0.1, 0.15) is 5.75 Å². The van der Waals surface area contributed by atoms with Gasteiger partial charge in [-0.3, -0.25) is 20.0 Å². The lowest BCUT2D eigenvalue weighted by Gasteiger charge is -2.12. The van der Waals surface area contributed by atoms with Gasteiger partial charge in [0, 0.05) is 11.9 Å². The lowest BCUT2D eigenvalue weighted by molar-refractivity contribution is 0.102. The fourth-order valence-electron chi connectivity index (χ4n) is 3.31. The summed E-state index contributed by atoms with van der Waals surface area (Å²) < 4.78 is 6.68. The van der Waals surface area contributed by atoms with Crippen LogP contribution >= 0.6 is 0 Å². The average molecular weight is 418 g/mol.